The average molecular weight is 224 g/mol. The first-order valence-electron chi connectivity index (χ1n) is 6.33. The Bertz CT molecular complexity index is 278. The van der Waals surface area contributed by atoms with Crippen LogP contribution in [-0.2, 0) is 4.79 Å². The van der Waals surface area contributed by atoms with Gasteiger partial charge in [-0.3, -0.25) is 4.79 Å². The van der Waals surface area contributed by atoms with Crippen molar-refractivity contribution in [1.29, 1.82) is 0 Å². The highest BCUT2D eigenvalue weighted by Gasteiger charge is 2.64. The fraction of sp³-hybridized carbons (Fsp3) is 0.923. The second-order valence-electron chi connectivity index (χ2n) is 6.53. The Hall–Kier alpha value is -0.570. The molecule has 0 bridgehead atoms. The van der Waals surface area contributed by atoms with Gasteiger partial charge in [-0.05, 0) is 35.8 Å². The van der Waals surface area contributed by atoms with Crippen LogP contribution in [0.15, 0.2) is 0 Å². The lowest BCUT2D eigenvalue weighted by molar-refractivity contribution is -0.122. The first-order valence-corrected chi connectivity index (χ1v) is 6.33. The maximum absolute atomic E-state index is 11.7. The quantitative estimate of drug-likeness (QED) is 0.758. The molecule has 0 atom stereocenters. The number of hydrogen-bond donors (Lipinski definition) is 2. The number of amides is 1. The van der Waals surface area contributed by atoms with E-state index in [1.165, 1.54) is 0 Å². The lowest BCUT2D eigenvalue weighted by atomic mass is 9.99. The summed E-state index contributed by atoms with van der Waals surface area (Å²) in [7, 11) is 0. The molecule has 2 fully saturated rings. The van der Waals surface area contributed by atoms with Crippen molar-refractivity contribution in [1.82, 2.24) is 10.6 Å². The fourth-order valence-corrected chi connectivity index (χ4v) is 2.89. The van der Waals surface area contributed by atoms with Crippen molar-refractivity contribution in [2.75, 3.05) is 19.6 Å². The van der Waals surface area contributed by atoms with E-state index < -0.39 is 0 Å². The molecule has 1 saturated carbocycles. The second kappa shape index (κ2) is 3.73. The smallest absolute Gasteiger partial charge is 0.220 e. The number of nitrogens with one attached hydrogen (secondary N) is 2. The van der Waals surface area contributed by atoms with E-state index in [1.54, 1.807) is 0 Å². The monoisotopic (exact) mass is 224 g/mol. The summed E-state index contributed by atoms with van der Waals surface area (Å²) >= 11 is 0. The highest BCUT2D eigenvalue weighted by molar-refractivity contribution is 5.76. The molecule has 1 amide bonds. The van der Waals surface area contributed by atoms with Gasteiger partial charge in [-0.25, -0.2) is 0 Å². The lowest BCUT2D eigenvalue weighted by Crippen LogP contribution is -2.44. The topological polar surface area (TPSA) is 41.1 Å². The van der Waals surface area contributed by atoms with Gasteiger partial charge in [0.25, 0.3) is 0 Å². The van der Waals surface area contributed by atoms with Gasteiger partial charge in [-0.1, -0.05) is 27.7 Å². The molecule has 92 valence electrons. The van der Waals surface area contributed by atoms with Crippen molar-refractivity contribution in [3.8, 4) is 0 Å². The Kier molecular flexibility index (Phi) is 2.77. The average Bonchev–Trinajstić information content (AvgIpc) is 2.48. The molecule has 1 aliphatic heterocycles. The molecule has 16 heavy (non-hydrogen) atoms. The fourth-order valence-electron chi connectivity index (χ4n) is 2.89. The molecule has 0 spiro atoms. The predicted octanol–water partition coefficient (Wildman–Crippen LogP) is 1.39. The molecule has 3 nitrogen and oxygen atoms in total. The van der Waals surface area contributed by atoms with Crippen molar-refractivity contribution >= 4 is 5.91 Å². The number of rotatable bonds is 4. The molecule has 1 aliphatic carbocycles. The Morgan fingerprint density at radius 3 is 2.19 bits per heavy atom. The van der Waals surface area contributed by atoms with Gasteiger partial charge in [0.1, 0.15) is 0 Å². The largest absolute Gasteiger partial charge is 0.356 e. The van der Waals surface area contributed by atoms with E-state index in [4.69, 9.17) is 0 Å². The third-order valence-electron chi connectivity index (χ3n) is 5.16. The SMILES string of the molecule is CC1(C)C(CNC(=O)CC2CNC2)C1(C)C. The maximum Gasteiger partial charge on any atom is 0.220 e. The van der Waals surface area contributed by atoms with Gasteiger partial charge >= 0.3 is 0 Å². The summed E-state index contributed by atoms with van der Waals surface area (Å²) in [5.74, 6) is 1.42. The zero-order valence-electron chi connectivity index (χ0n) is 10.9. The van der Waals surface area contributed by atoms with Crippen LogP contribution in [0.5, 0.6) is 0 Å². The molecule has 2 aliphatic rings. The Morgan fingerprint density at radius 2 is 1.81 bits per heavy atom. The Labute approximate surface area is 98.4 Å². The van der Waals surface area contributed by atoms with E-state index in [0.717, 1.165) is 19.6 Å². The summed E-state index contributed by atoms with van der Waals surface area (Å²) in [5, 5.41) is 6.28. The molecular weight excluding hydrogens is 200 g/mol. The standard InChI is InChI=1S/C13H24N2O/c1-12(2)10(13(12,3)4)8-15-11(16)5-9-6-14-7-9/h9-10,14H,5-8H2,1-4H3,(H,15,16). The first kappa shape index (κ1) is 11.9. The van der Waals surface area contributed by atoms with Crippen LogP contribution in [-0.4, -0.2) is 25.5 Å². The number of carbonyl (C=O) groups is 1. The van der Waals surface area contributed by atoms with Gasteiger partial charge in [0.2, 0.25) is 5.91 Å². The van der Waals surface area contributed by atoms with Gasteiger partial charge in [0, 0.05) is 13.0 Å². The van der Waals surface area contributed by atoms with Crippen LogP contribution in [0, 0.1) is 22.7 Å². The van der Waals surface area contributed by atoms with Crippen LogP contribution >= 0.6 is 0 Å². The van der Waals surface area contributed by atoms with Crippen LogP contribution < -0.4 is 10.6 Å². The summed E-state index contributed by atoms with van der Waals surface area (Å²) in [5.41, 5.74) is 0.747. The lowest BCUT2D eigenvalue weighted by Gasteiger charge is -2.26. The normalized spacial score (nSPS) is 27.2. The van der Waals surface area contributed by atoms with Gasteiger partial charge in [0.15, 0.2) is 0 Å². The van der Waals surface area contributed by atoms with E-state index in [2.05, 4.69) is 38.3 Å². The van der Waals surface area contributed by atoms with E-state index >= 15 is 0 Å². The summed E-state index contributed by atoms with van der Waals surface area (Å²) < 4.78 is 0. The summed E-state index contributed by atoms with van der Waals surface area (Å²) in [6.45, 7) is 12.0. The van der Waals surface area contributed by atoms with E-state index in [9.17, 15) is 4.79 Å². The molecule has 0 radical (unpaired) electrons. The first-order chi connectivity index (χ1) is 7.35. The van der Waals surface area contributed by atoms with Crippen LogP contribution in [0.2, 0.25) is 0 Å². The van der Waals surface area contributed by atoms with Crippen LogP contribution in [0.1, 0.15) is 34.1 Å². The molecule has 1 heterocycles. The molecule has 0 unspecified atom stereocenters. The minimum Gasteiger partial charge on any atom is -0.356 e. The Morgan fingerprint density at radius 1 is 1.25 bits per heavy atom. The molecule has 1 saturated heterocycles. The van der Waals surface area contributed by atoms with Crippen LogP contribution in [0.25, 0.3) is 0 Å². The third-order valence-corrected chi connectivity index (χ3v) is 5.16. The highest BCUT2D eigenvalue weighted by Crippen LogP contribution is 2.67. The molecule has 0 aromatic rings. The second-order valence-corrected chi connectivity index (χ2v) is 6.53. The van der Waals surface area contributed by atoms with Gasteiger partial charge in [0.05, 0.1) is 0 Å². The van der Waals surface area contributed by atoms with Gasteiger partial charge in [-0.2, -0.15) is 0 Å². The van der Waals surface area contributed by atoms with Crippen molar-refractivity contribution in [3.63, 3.8) is 0 Å². The summed E-state index contributed by atoms with van der Waals surface area (Å²) in [6, 6.07) is 0. The molecule has 0 aromatic heterocycles. The number of carbonyl (C=O) groups excluding carboxylic acids is 1. The van der Waals surface area contributed by atoms with E-state index in [0.29, 0.717) is 29.1 Å². The van der Waals surface area contributed by atoms with Crippen molar-refractivity contribution in [2.45, 2.75) is 34.1 Å². The minimum atomic E-state index is 0.227. The van der Waals surface area contributed by atoms with E-state index in [-0.39, 0.29) is 5.91 Å². The highest BCUT2D eigenvalue weighted by atomic mass is 16.1. The predicted molar refractivity (Wildman–Crippen MR) is 65.0 cm³/mol. The maximum atomic E-state index is 11.7. The molecule has 0 aromatic carbocycles. The van der Waals surface area contributed by atoms with Gasteiger partial charge < -0.3 is 10.6 Å². The minimum absolute atomic E-state index is 0.227. The van der Waals surface area contributed by atoms with Crippen LogP contribution in [0.4, 0.5) is 0 Å². The van der Waals surface area contributed by atoms with Gasteiger partial charge in [-0.15, -0.1) is 0 Å². The summed E-state index contributed by atoms with van der Waals surface area (Å²) in [4.78, 5) is 11.7. The zero-order chi connectivity index (χ0) is 12.0. The molecule has 2 rings (SSSR count). The molecular formula is C13H24N2O. The van der Waals surface area contributed by atoms with Crippen molar-refractivity contribution in [2.24, 2.45) is 22.7 Å². The summed E-state index contributed by atoms with van der Waals surface area (Å²) in [6.07, 6.45) is 0.695. The molecule has 3 heteroatoms. The third kappa shape index (κ3) is 1.86. The Balaban J connectivity index is 1.70. The number of hydrogen-bond acceptors (Lipinski definition) is 2. The van der Waals surface area contributed by atoms with E-state index in [1.807, 2.05) is 0 Å². The van der Waals surface area contributed by atoms with Crippen LogP contribution in [0.3, 0.4) is 0 Å². The zero-order valence-corrected chi connectivity index (χ0v) is 10.9. The molecule has 2 N–H and O–H groups in total. The van der Waals surface area contributed by atoms with Crippen molar-refractivity contribution < 1.29 is 4.79 Å². The van der Waals surface area contributed by atoms with Crippen molar-refractivity contribution in [3.05, 3.63) is 0 Å².